The molecule has 0 saturated carbocycles. The Bertz CT molecular complexity index is 2390. The zero-order valence-corrected chi connectivity index (χ0v) is 21.7. The number of para-hydroxylation sites is 3. The van der Waals surface area contributed by atoms with Crippen LogP contribution in [0.4, 0.5) is 0 Å². The average molecular weight is 516 g/mol. The number of nitrogens with zero attached hydrogens (tertiary/aromatic N) is 3. The molecule has 0 saturated heterocycles. The number of benzene rings is 6. The van der Waals surface area contributed by atoms with Crippen molar-refractivity contribution in [3.63, 3.8) is 0 Å². The van der Waals surface area contributed by atoms with Gasteiger partial charge in [0.2, 0.25) is 0 Å². The first-order chi connectivity index (χ1) is 19.3. The minimum Gasteiger partial charge on any atom is -0.309 e. The third-order valence-corrected chi connectivity index (χ3v) is 8.84. The van der Waals surface area contributed by atoms with Crippen LogP contribution in [-0.4, -0.2) is 14.1 Å². The first-order valence-electron chi connectivity index (χ1n) is 13.1. The quantitative estimate of drug-likeness (QED) is 0.225. The molecule has 0 radical (unpaired) electrons. The second-order valence-corrected chi connectivity index (χ2v) is 11.0. The molecule has 0 spiro atoms. The van der Waals surface area contributed by atoms with E-state index in [-0.39, 0.29) is 0 Å². The smallest absolute Gasteiger partial charge is 0.0832 e. The number of hydrogen-bond acceptors (Lipinski definition) is 2. The molecule has 6 aromatic carbocycles. The minimum absolute atomic E-state index is 1.04. The van der Waals surface area contributed by atoms with Crippen LogP contribution in [0.2, 0.25) is 0 Å². The van der Waals surface area contributed by atoms with E-state index >= 15 is 0 Å². The van der Waals surface area contributed by atoms with Crippen molar-refractivity contribution < 1.29 is 0 Å². The van der Waals surface area contributed by atoms with Gasteiger partial charge in [-0.25, -0.2) is 4.98 Å². The van der Waals surface area contributed by atoms with E-state index < -0.39 is 0 Å². The summed E-state index contributed by atoms with van der Waals surface area (Å²) in [5.74, 6) is 0. The van der Waals surface area contributed by atoms with E-state index in [1.54, 1.807) is 11.3 Å². The lowest BCUT2D eigenvalue weighted by Crippen LogP contribution is -1.94. The Labute approximate surface area is 227 Å². The lowest BCUT2D eigenvalue weighted by atomic mass is 10.0. The van der Waals surface area contributed by atoms with Crippen molar-refractivity contribution >= 4 is 75.9 Å². The molecule has 0 aliphatic carbocycles. The molecule has 0 atom stereocenters. The number of aromatic nitrogens is 3. The van der Waals surface area contributed by atoms with Gasteiger partial charge in [-0.1, -0.05) is 60.7 Å². The predicted octanol–water partition coefficient (Wildman–Crippen LogP) is 9.64. The lowest BCUT2D eigenvalue weighted by molar-refractivity contribution is 1.18. The van der Waals surface area contributed by atoms with Crippen molar-refractivity contribution in [2.24, 2.45) is 0 Å². The van der Waals surface area contributed by atoms with E-state index in [4.69, 9.17) is 0 Å². The van der Waals surface area contributed by atoms with E-state index in [2.05, 4.69) is 135 Å². The van der Waals surface area contributed by atoms with Gasteiger partial charge in [0.25, 0.3) is 0 Å². The molecule has 0 bridgehead atoms. The summed E-state index contributed by atoms with van der Waals surface area (Å²) in [6.45, 7) is 0. The second-order valence-electron chi connectivity index (χ2n) is 10.1. The molecule has 9 aromatic rings. The number of rotatable bonds is 2. The first-order valence-corrected chi connectivity index (χ1v) is 14.0. The summed E-state index contributed by atoms with van der Waals surface area (Å²) < 4.78 is 6.00. The Balaban J connectivity index is 1.46. The van der Waals surface area contributed by atoms with Crippen LogP contribution >= 0.6 is 11.3 Å². The summed E-state index contributed by atoms with van der Waals surface area (Å²) >= 11 is 1.68. The summed E-state index contributed by atoms with van der Waals surface area (Å²) in [7, 11) is 0. The van der Waals surface area contributed by atoms with Crippen LogP contribution in [0.15, 0.2) is 127 Å². The fraction of sp³-hybridized carbons (Fsp3) is 0. The Morgan fingerprint density at radius 3 is 2.10 bits per heavy atom. The zero-order valence-electron chi connectivity index (χ0n) is 20.9. The molecule has 0 N–H and O–H groups in total. The van der Waals surface area contributed by atoms with Crippen LogP contribution in [0, 0.1) is 0 Å². The van der Waals surface area contributed by atoms with Gasteiger partial charge in [0.1, 0.15) is 0 Å². The third kappa shape index (κ3) is 2.89. The normalized spacial score (nSPS) is 12.1. The van der Waals surface area contributed by atoms with Crippen LogP contribution in [0.1, 0.15) is 0 Å². The van der Waals surface area contributed by atoms with Gasteiger partial charge in [-0.3, -0.25) is 0 Å². The first kappa shape index (κ1) is 21.1. The van der Waals surface area contributed by atoms with Crippen LogP contribution in [0.3, 0.4) is 0 Å². The van der Waals surface area contributed by atoms with Gasteiger partial charge in [0, 0.05) is 32.9 Å². The zero-order chi connectivity index (χ0) is 25.5. The molecule has 182 valence electrons. The van der Waals surface area contributed by atoms with Gasteiger partial charge in [0.15, 0.2) is 0 Å². The summed E-state index contributed by atoms with van der Waals surface area (Å²) in [6.07, 6.45) is 0. The standard InChI is InChI=1S/C35H21N3S/c1-2-8-23(9-3-1)37-31-13-7-5-11-26(31)35-27-20-33-28(18-22(27)14-16-32(35)37)25-10-4-6-12-30(25)38(33)24-15-17-34-29(19-24)36-21-39-34/h1-21H. The van der Waals surface area contributed by atoms with Crippen molar-refractivity contribution in [1.82, 2.24) is 14.1 Å². The van der Waals surface area contributed by atoms with Gasteiger partial charge in [0.05, 0.1) is 37.8 Å². The van der Waals surface area contributed by atoms with Crippen molar-refractivity contribution in [2.75, 3.05) is 0 Å². The van der Waals surface area contributed by atoms with E-state index in [1.165, 1.54) is 64.8 Å². The summed E-state index contributed by atoms with van der Waals surface area (Å²) in [6, 6.07) is 44.1. The van der Waals surface area contributed by atoms with Crippen LogP contribution in [-0.2, 0) is 0 Å². The second kappa shape index (κ2) is 7.79. The number of fused-ring (bicyclic) bond motifs is 9. The fourth-order valence-electron chi connectivity index (χ4n) is 6.37. The highest BCUT2D eigenvalue weighted by Gasteiger charge is 2.18. The van der Waals surface area contributed by atoms with Crippen molar-refractivity contribution in [1.29, 1.82) is 0 Å². The van der Waals surface area contributed by atoms with E-state index in [1.807, 2.05) is 5.51 Å². The van der Waals surface area contributed by atoms with Gasteiger partial charge in [-0.2, -0.15) is 0 Å². The summed E-state index contributed by atoms with van der Waals surface area (Å²) in [4.78, 5) is 4.61. The van der Waals surface area contributed by atoms with Crippen molar-refractivity contribution in [3.8, 4) is 11.4 Å². The molecule has 3 aromatic heterocycles. The van der Waals surface area contributed by atoms with Gasteiger partial charge < -0.3 is 9.13 Å². The molecular weight excluding hydrogens is 494 g/mol. The van der Waals surface area contributed by atoms with Crippen molar-refractivity contribution in [2.45, 2.75) is 0 Å². The average Bonchev–Trinajstić information content (AvgIpc) is 3.68. The van der Waals surface area contributed by atoms with E-state index in [0.717, 1.165) is 11.2 Å². The Hall–Kier alpha value is -4.93. The highest BCUT2D eigenvalue weighted by atomic mass is 32.1. The molecular formula is C35H21N3S. The monoisotopic (exact) mass is 515 g/mol. The third-order valence-electron chi connectivity index (χ3n) is 8.03. The lowest BCUT2D eigenvalue weighted by Gasteiger charge is -2.10. The maximum absolute atomic E-state index is 4.61. The predicted molar refractivity (Wildman–Crippen MR) is 166 cm³/mol. The molecule has 0 aliphatic rings. The maximum atomic E-state index is 4.61. The summed E-state index contributed by atoms with van der Waals surface area (Å²) in [5, 5.41) is 7.61. The van der Waals surface area contributed by atoms with E-state index in [0.29, 0.717) is 0 Å². The summed E-state index contributed by atoms with van der Waals surface area (Å²) in [5.41, 5.74) is 10.1. The molecule has 0 unspecified atom stereocenters. The molecule has 3 heterocycles. The Morgan fingerprint density at radius 2 is 1.23 bits per heavy atom. The van der Waals surface area contributed by atoms with Gasteiger partial charge in [-0.05, 0) is 71.4 Å². The molecule has 0 fully saturated rings. The molecule has 4 heteroatoms. The fourth-order valence-corrected chi connectivity index (χ4v) is 7.03. The van der Waals surface area contributed by atoms with Crippen molar-refractivity contribution in [3.05, 3.63) is 127 Å². The number of hydrogen-bond donors (Lipinski definition) is 0. The molecule has 0 aliphatic heterocycles. The van der Waals surface area contributed by atoms with Crippen LogP contribution in [0.5, 0.6) is 0 Å². The maximum Gasteiger partial charge on any atom is 0.0832 e. The minimum atomic E-state index is 1.04. The molecule has 0 amide bonds. The molecule has 9 rings (SSSR count). The van der Waals surface area contributed by atoms with Crippen LogP contribution < -0.4 is 0 Å². The largest absolute Gasteiger partial charge is 0.309 e. The molecule has 39 heavy (non-hydrogen) atoms. The Kier molecular flexibility index (Phi) is 4.21. The number of thiazole rings is 1. The topological polar surface area (TPSA) is 22.8 Å². The SMILES string of the molecule is c1ccc(-n2c3ccccc3c3c4cc5c(cc4ccc32)c2ccccc2n5-c2ccc3scnc3c2)cc1. The van der Waals surface area contributed by atoms with E-state index in [9.17, 15) is 0 Å². The highest BCUT2D eigenvalue weighted by Crippen LogP contribution is 2.41. The molecule has 3 nitrogen and oxygen atoms in total. The van der Waals surface area contributed by atoms with Crippen LogP contribution in [0.25, 0.3) is 76.0 Å². The highest BCUT2D eigenvalue weighted by molar-refractivity contribution is 7.16. The van der Waals surface area contributed by atoms with Gasteiger partial charge in [-0.15, -0.1) is 11.3 Å². The van der Waals surface area contributed by atoms with Gasteiger partial charge >= 0.3 is 0 Å². The Morgan fingerprint density at radius 1 is 0.487 bits per heavy atom.